The van der Waals surface area contributed by atoms with Crippen LogP contribution in [-0.2, 0) is 9.47 Å². The maximum absolute atomic E-state index is 15.0. The van der Waals surface area contributed by atoms with Gasteiger partial charge in [-0.3, -0.25) is 0 Å². The first-order chi connectivity index (χ1) is 18.3. The standard InChI is InChI=1S/C28H34F8O3/c1-2-3-17-15-37-25(38-16-17)27(33,34)26(31,32)20-8-4-18(5-9-20)19-6-10-21(11-7-19)28(35,36)39-22-12-13-23(29)24(30)14-22/h4,8,12-14,17-21,25H,2-3,5-7,9-11,15-16H2,1H3. The summed E-state index contributed by atoms with van der Waals surface area (Å²) in [6, 6.07) is 2.20. The maximum Gasteiger partial charge on any atom is 0.400 e. The summed E-state index contributed by atoms with van der Waals surface area (Å²) >= 11 is 0. The SMILES string of the molecule is CCCC1COC(C(F)(F)C(F)(F)C2C=CC(C3CCC(C(F)(F)Oc4ccc(F)c(F)c4)CC3)CC2)OC1. The van der Waals surface area contributed by atoms with Crippen LogP contribution in [0, 0.1) is 41.2 Å². The van der Waals surface area contributed by atoms with Gasteiger partial charge < -0.3 is 14.2 Å². The van der Waals surface area contributed by atoms with Crippen LogP contribution in [0.5, 0.6) is 5.75 Å². The molecule has 3 aliphatic rings. The Morgan fingerprint density at radius 2 is 1.49 bits per heavy atom. The van der Waals surface area contributed by atoms with Crippen LogP contribution in [0.1, 0.15) is 58.3 Å². The molecule has 3 nitrogen and oxygen atoms in total. The second kappa shape index (κ2) is 11.9. The molecule has 2 aliphatic carbocycles. The van der Waals surface area contributed by atoms with E-state index >= 15 is 0 Å². The largest absolute Gasteiger partial charge is 0.432 e. The van der Waals surface area contributed by atoms with Gasteiger partial charge in [0.25, 0.3) is 0 Å². The summed E-state index contributed by atoms with van der Waals surface area (Å²) in [4.78, 5) is 0. The van der Waals surface area contributed by atoms with Crippen molar-refractivity contribution in [2.45, 2.75) is 82.5 Å². The van der Waals surface area contributed by atoms with Gasteiger partial charge in [-0.05, 0) is 68.9 Å². The second-order valence-electron chi connectivity index (χ2n) is 11.0. The summed E-state index contributed by atoms with van der Waals surface area (Å²) in [6.45, 7) is 1.81. The highest BCUT2D eigenvalue weighted by Crippen LogP contribution is 2.50. The molecular weight excluding hydrogens is 536 g/mol. The predicted molar refractivity (Wildman–Crippen MR) is 127 cm³/mol. The monoisotopic (exact) mass is 570 g/mol. The van der Waals surface area contributed by atoms with Crippen LogP contribution in [0.15, 0.2) is 30.4 Å². The van der Waals surface area contributed by atoms with Crippen LogP contribution in [0.2, 0.25) is 0 Å². The Labute approximate surface area is 222 Å². The lowest BCUT2D eigenvalue weighted by atomic mass is 9.70. The van der Waals surface area contributed by atoms with E-state index in [1.807, 2.05) is 6.92 Å². The molecule has 1 aliphatic heterocycles. The van der Waals surface area contributed by atoms with Gasteiger partial charge in [-0.2, -0.15) is 26.3 Å². The van der Waals surface area contributed by atoms with Crippen LogP contribution in [0.3, 0.4) is 0 Å². The number of allylic oxidation sites excluding steroid dienone is 2. The molecular formula is C28H34F8O3. The average molecular weight is 571 g/mol. The van der Waals surface area contributed by atoms with Gasteiger partial charge in [0.1, 0.15) is 5.75 Å². The molecule has 39 heavy (non-hydrogen) atoms. The lowest BCUT2D eigenvalue weighted by Gasteiger charge is -2.41. The molecule has 0 N–H and O–H groups in total. The van der Waals surface area contributed by atoms with E-state index in [0.29, 0.717) is 31.4 Å². The third kappa shape index (κ3) is 6.55. The number of rotatable bonds is 9. The molecule has 0 aromatic heterocycles. The molecule has 220 valence electrons. The van der Waals surface area contributed by atoms with E-state index in [1.165, 1.54) is 6.08 Å². The normalized spacial score (nSPS) is 30.8. The number of ether oxygens (including phenoxy) is 3. The smallest absolute Gasteiger partial charge is 0.400 e. The molecule has 0 spiro atoms. The fourth-order valence-corrected chi connectivity index (χ4v) is 5.93. The lowest BCUT2D eigenvalue weighted by molar-refractivity contribution is -0.355. The minimum absolute atomic E-state index is 0.0553. The zero-order valence-electron chi connectivity index (χ0n) is 21.7. The van der Waals surface area contributed by atoms with Crippen molar-refractivity contribution < 1.29 is 49.3 Å². The summed E-state index contributed by atoms with van der Waals surface area (Å²) in [5, 5.41) is 0. The fraction of sp³-hybridized carbons (Fsp3) is 0.714. The molecule has 1 heterocycles. The first kappa shape index (κ1) is 30.1. The summed E-state index contributed by atoms with van der Waals surface area (Å²) < 4.78 is 130. The van der Waals surface area contributed by atoms with Gasteiger partial charge in [-0.15, -0.1) is 0 Å². The summed E-state index contributed by atoms with van der Waals surface area (Å²) in [7, 11) is 0. The summed E-state index contributed by atoms with van der Waals surface area (Å²) in [6.07, 6.45) is -0.812. The predicted octanol–water partition coefficient (Wildman–Crippen LogP) is 8.39. The van der Waals surface area contributed by atoms with E-state index < -0.39 is 53.5 Å². The highest BCUT2D eigenvalue weighted by Gasteiger charge is 2.66. The molecule has 2 fully saturated rings. The Morgan fingerprint density at radius 1 is 0.821 bits per heavy atom. The molecule has 0 bridgehead atoms. The van der Waals surface area contributed by atoms with E-state index in [1.54, 1.807) is 0 Å². The number of hydrogen-bond acceptors (Lipinski definition) is 3. The molecule has 0 amide bonds. The minimum atomic E-state index is -4.51. The van der Waals surface area contributed by atoms with Gasteiger partial charge in [0.15, 0.2) is 11.6 Å². The Balaban J connectivity index is 1.30. The minimum Gasteiger partial charge on any atom is -0.432 e. The van der Waals surface area contributed by atoms with Crippen molar-refractivity contribution in [3.63, 3.8) is 0 Å². The molecule has 1 aromatic rings. The topological polar surface area (TPSA) is 27.7 Å². The molecule has 4 rings (SSSR count). The Bertz CT molecular complexity index is 985. The zero-order chi connectivity index (χ0) is 28.4. The summed E-state index contributed by atoms with van der Waals surface area (Å²) in [5.74, 6) is -15.0. The average Bonchev–Trinajstić information content (AvgIpc) is 2.91. The number of alkyl halides is 6. The Hall–Kier alpha value is -1.88. The van der Waals surface area contributed by atoms with Crippen LogP contribution < -0.4 is 4.74 Å². The molecule has 11 heteroatoms. The molecule has 0 radical (unpaired) electrons. The molecule has 1 aromatic carbocycles. The van der Waals surface area contributed by atoms with E-state index in [-0.39, 0.29) is 56.7 Å². The molecule has 2 unspecified atom stereocenters. The van der Waals surface area contributed by atoms with E-state index in [4.69, 9.17) is 9.47 Å². The number of halogens is 8. The van der Waals surface area contributed by atoms with Gasteiger partial charge >= 0.3 is 18.0 Å². The maximum atomic E-state index is 15.0. The van der Waals surface area contributed by atoms with Crippen LogP contribution in [0.25, 0.3) is 0 Å². The highest BCUT2D eigenvalue weighted by molar-refractivity contribution is 5.24. The van der Waals surface area contributed by atoms with Gasteiger partial charge in [0, 0.05) is 17.9 Å². The van der Waals surface area contributed by atoms with Crippen LogP contribution in [0.4, 0.5) is 35.1 Å². The van der Waals surface area contributed by atoms with Crippen molar-refractivity contribution in [1.82, 2.24) is 0 Å². The molecule has 1 saturated heterocycles. The van der Waals surface area contributed by atoms with Crippen LogP contribution in [-0.4, -0.2) is 37.5 Å². The van der Waals surface area contributed by atoms with Crippen molar-refractivity contribution >= 4 is 0 Å². The zero-order valence-corrected chi connectivity index (χ0v) is 21.7. The highest BCUT2D eigenvalue weighted by atomic mass is 19.3. The third-order valence-electron chi connectivity index (χ3n) is 8.27. The van der Waals surface area contributed by atoms with Crippen molar-refractivity contribution in [2.24, 2.45) is 29.6 Å². The number of hydrogen-bond donors (Lipinski definition) is 0. The fourth-order valence-electron chi connectivity index (χ4n) is 5.93. The Kier molecular flexibility index (Phi) is 9.20. The molecule has 1 saturated carbocycles. The van der Waals surface area contributed by atoms with Gasteiger partial charge in [-0.1, -0.05) is 25.5 Å². The van der Waals surface area contributed by atoms with Gasteiger partial charge in [-0.25, -0.2) is 8.78 Å². The quantitative estimate of drug-likeness (QED) is 0.221. The lowest BCUT2D eigenvalue weighted by Crippen LogP contribution is -2.57. The first-order valence-electron chi connectivity index (χ1n) is 13.5. The van der Waals surface area contributed by atoms with Gasteiger partial charge in [0.2, 0.25) is 6.29 Å². The Morgan fingerprint density at radius 3 is 2.05 bits per heavy atom. The van der Waals surface area contributed by atoms with Crippen molar-refractivity contribution in [3.05, 3.63) is 42.0 Å². The second-order valence-corrected chi connectivity index (χ2v) is 11.0. The first-order valence-corrected chi connectivity index (χ1v) is 13.5. The van der Waals surface area contributed by atoms with Crippen molar-refractivity contribution in [2.75, 3.05) is 13.2 Å². The summed E-state index contributed by atoms with van der Waals surface area (Å²) in [5.41, 5.74) is 0. The van der Waals surface area contributed by atoms with Crippen LogP contribution >= 0.6 is 0 Å². The van der Waals surface area contributed by atoms with Crippen molar-refractivity contribution in [1.29, 1.82) is 0 Å². The van der Waals surface area contributed by atoms with E-state index in [0.717, 1.165) is 18.6 Å². The van der Waals surface area contributed by atoms with E-state index in [9.17, 15) is 35.1 Å². The van der Waals surface area contributed by atoms with E-state index in [2.05, 4.69) is 4.74 Å². The molecule has 2 atom stereocenters. The van der Waals surface area contributed by atoms with Gasteiger partial charge in [0.05, 0.1) is 19.1 Å². The number of benzene rings is 1. The van der Waals surface area contributed by atoms with Crippen molar-refractivity contribution in [3.8, 4) is 5.75 Å². The third-order valence-corrected chi connectivity index (χ3v) is 8.27.